The average molecular weight is 1030 g/mol. The Balaban J connectivity index is 1.01. The number of thioether (sulfide) groups is 1. The largest absolute Gasteiger partial charge is 0.394 e. The lowest BCUT2D eigenvalue weighted by Gasteiger charge is -2.45. The van der Waals surface area contributed by atoms with Crippen molar-refractivity contribution in [3.63, 3.8) is 0 Å². The first-order valence-electron chi connectivity index (χ1n) is 22.1. The minimum absolute atomic E-state index is 0.484. The van der Waals surface area contributed by atoms with E-state index in [4.69, 9.17) is 52.1 Å². The fourth-order valence-electron chi connectivity index (χ4n) is 8.28. The number of aliphatic hydroxyl groups excluding tert-OH is 19. The number of ether oxygens (including phenoxy) is 11. The SMILES string of the molecule is CCSC1OC(COC2OC(COC3OC(COC4OC(COC5OC(COC6OC(CO)C(O)C(O)C6O)C(O)C(O)C5O)C(O)C(O)C4O)C(O)C(O)C3O)C(O)C(O)C2O)C(O)C(O)C1O. The fourth-order valence-corrected chi connectivity index (χ4v) is 9.19. The van der Waals surface area contributed by atoms with E-state index in [-0.39, 0.29) is 0 Å². The van der Waals surface area contributed by atoms with Gasteiger partial charge in [0.1, 0.15) is 152 Å². The molecule has 6 aliphatic rings. The third kappa shape index (κ3) is 12.8. The summed E-state index contributed by atoms with van der Waals surface area (Å²) in [4.78, 5) is 0. The van der Waals surface area contributed by atoms with E-state index in [9.17, 15) is 97.0 Å². The van der Waals surface area contributed by atoms with Crippen LogP contribution in [-0.4, -0.2) is 326 Å². The molecular formula is C38H66O30S. The van der Waals surface area contributed by atoms with Crippen LogP contribution in [0.1, 0.15) is 6.92 Å². The van der Waals surface area contributed by atoms with E-state index in [1.54, 1.807) is 6.92 Å². The van der Waals surface area contributed by atoms with E-state index < -0.39 is 223 Å². The van der Waals surface area contributed by atoms with Crippen LogP contribution in [-0.2, 0) is 52.1 Å². The van der Waals surface area contributed by atoms with Gasteiger partial charge < -0.3 is 149 Å². The molecule has 0 aromatic heterocycles. The summed E-state index contributed by atoms with van der Waals surface area (Å²) in [5.41, 5.74) is -0.940. The van der Waals surface area contributed by atoms with Gasteiger partial charge in [-0.2, -0.15) is 0 Å². The molecule has 404 valence electrons. The number of rotatable bonds is 18. The molecule has 6 rings (SSSR count). The molecule has 0 aromatic rings. The summed E-state index contributed by atoms with van der Waals surface area (Å²) in [6.45, 7) is -2.51. The van der Waals surface area contributed by atoms with Gasteiger partial charge in [0.05, 0.1) is 39.6 Å². The molecule has 69 heavy (non-hydrogen) atoms. The van der Waals surface area contributed by atoms with E-state index in [2.05, 4.69) is 0 Å². The Kier molecular flexibility index (Phi) is 20.9. The van der Waals surface area contributed by atoms with Crippen molar-refractivity contribution in [1.82, 2.24) is 0 Å². The van der Waals surface area contributed by atoms with E-state index in [1.807, 2.05) is 0 Å². The first kappa shape index (κ1) is 57.4. The van der Waals surface area contributed by atoms with Crippen molar-refractivity contribution in [2.75, 3.05) is 45.4 Å². The normalized spacial score (nSPS) is 52.2. The molecule has 31 heteroatoms. The van der Waals surface area contributed by atoms with Gasteiger partial charge in [0, 0.05) is 0 Å². The fraction of sp³-hybridized carbons (Fsp3) is 1.00. The summed E-state index contributed by atoms with van der Waals surface area (Å²) in [5.74, 6) is 0.484. The highest BCUT2D eigenvalue weighted by Crippen LogP contribution is 2.33. The highest BCUT2D eigenvalue weighted by molar-refractivity contribution is 7.99. The van der Waals surface area contributed by atoms with Crippen molar-refractivity contribution >= 4 is 11.8 Å². The summed E-state index contributed by atoms with van der Waals surface area (Å²) in [5, 5.41) is 199. The van der Waals surface area contributed by atoms with E-state index in [0.717, 1.165) is 11.8 Å². The molecule has 0 amide bonds. The van der Waals surface area contributed by atoms with Gasteiger partial charge in [0.2, 0.25) is 0 Å². The molecular weight excluding hydrogens is 968 g/mol. The van der Waals surface area contributed by atoms with Crippen molar-refractivity contribution < 1.29 is 149 Å². The quantitative estimate of drug-likeness (QED) is 0.0606. The maximum Gasteiger partial charge on any atom is 0.186 e. The Bertz CT molecular complexity index is 1550. The second-order valence-electron chi connectivity index (χ2n) is 17.4. The highest BCUT2D eigenvalue weighted by atomic mass is 32.2. The Morgan fingerprint density at radius 1 is 0.290 bits per heavy atom. The van der Waals surface area contributed by atoms with Gasteiger partial charge >= 0.3 is 0 Å². The van der Waals surface area contributed by atoms with Crippen LogP contribution in [0.3, 0.4) is 0 Å². The molecule has 0 aromatic carbocycles. The van der Waals surface area contributed by atoms with Crippen LogP contribution in [0.2, 0.25) is 0 Å². The van der Waals surface area contributed by atoms with Gasteiger partial charge in [-0.15, -0.1) is 11.8 Å². The van der Waals surface area contributed by atoms with E-state index >= 15 is 0 Å². The molecule has 30 nitrogen and oxygen atoms in total. The molecule has 0 spiro atoms. The zero-order valence-electron chi connectivity index (χ0n) is 36.7. The van der Waals surface area contributed by atoms with Crippen molar-refractivity contribution in [3.8, 4) is 0 Å². The monoisotopic (exact) mass is 1030 g/mol. The maximum atomic E-state index is 10.8. The predicted octanol–water partition coefficient (Wildman–Crippen LogP) is -12.3. The van der Waals surface area contributed by atoms with Crippen LogP contribution < -0.4 is 0 Å². The Labute approximate surface area is 396 Å². The lowest BCUT2D eigenvalue weighted by atomic mass is 9.97. The number of aliphatic hydroxyl groups is 19. The lowest BCUT2D eigenvalue weighted by Crippen LogP contribution is -2.63. The average Bonchev–Trinajstić information content (AvgIpc) is 3.33. The molecule has 6 saturated heterocycles. The van der Waals surface area contributed by atoms with Crippen LogP contribution in [0.15, 0.2) is 0 Å². The molecule has 6 heterocycles. The third-order valence-corrected chi connectivity index (χ3v) is 13.7. The Morgan fingerprint density at radius 3 is 0.754 bits per heavy atom. The summed E-state index contributed by atoms with van der Waals surface area (Å²) in [6.07, 6.45) is -50.7. The standard InChI is InChI=1S/C38H66O30S/c1-2-69-38-32(57)26(51)20(45)14(68-38)8-62-37-31(56)25(50)19(44)13(67-37)7-61-36-30(55)24(49)18(43)12(66-36)6-60-35-29(54)23(48)17(42)11(65-35)5-59-34-28(53)22(47)16(41)10(64-34)4-58-33-27(52)21(46)15(40)9(3-39)63-33/h9-57H,2-8H2,1H3. The minimum Gasteiger partial charge on any atom is -0.394 e. The smallest absolute Gasteiger partial charge is 0.186 e. The number of hydrogen-bond donors (Lipinski definition) is 19. The Morgan fingerprint density at radius 2 is 0.507 bits per heavy atom. The van der Waals surface area contributed by atoms with Crippen LogP contribution in [0.25, 0.3) is 0 Å². The van der Waals surface area contributed by atoms with Crippen LogP contribution in [0.4, 0.5) is 0 Å². The van der Waals surface area contributed by atoms with Crippen LogP contribution in [0, 0.1) is 0 Å². The molecule has 0 saturated carbocycles. The Hall–Kier alpha value is -0.850. The maximum absolute atomic E-state index is 10.8. The highest BCUT2D eigenvalue weighted by Gasteiger charge is 2.52. The first-order chi connectivity index (χ1) is 32.6. The number of hydrogen-bond acceptors (Lipinski definition) is 31. The van der Waals surface area contributed by atoms with Gasteiger partial charge in [-0.1, -0.05) is 6.92 Å². The lowest BCUT2D eigenvalue weighted by molar-refractivity contribution is -0.351. The molecule has 0 radical (unpaired) electrons. The molecule has 0 aliphatic carbocycles. The van der Waals surface area contributed by atoms with Crippen molar-refractivity contribution in [2.45, 2.75) is 190 Å². The predicted molar refractivity (Wildman–Crippen MR) is 215 cm³/mol. The van der Waals surface area contributed by atoms with E-state index in [0.29, 0.717) is 5.75 Å². The molecule has 30 unspecified atom stereocenters. The topological polar surface area (TPSA) is 486 Å². The first-order valence-corrected chi connectivity index (χ1v) is 23.1. The molecule has 6 aliphatic heterocycles. The third-order valence-electron chi connectivity index (χ3n) is 12.6. The second-order valence-corrected chi connectivity index (χ2v) is 18.8. The zero-order chi connectivity index (χ0) is 50.8. The summed E-state index contributed by atoms with van der Waals surface area (Å²) < 4.78 is 60.9. The van der Waals surface area contributed by atoms with Gasteiger partial charge in [-0.25, -0.2) is 0 Å². The van der Waals surface area contributed by atoms with Crippen molar-refractivity contribution in [2.24, 2.45) is 0 Å². The molecule has 30 atom stereocenters. The zero-order valence-corrected chi connectivity index (χ0v) is 37.5. The van der Waals surface area contributed by atoms with Crippen LogP contribution >= 0.6 is 11.8 Å². The van der Waals surface area contributed by atoms with Gasteiger partial charge in [0.25, 0.3) is 0 Å². The van der Waals surface area contributed by atoms with Crippen molar-refractivity contribution in [1.29, 1.82) is 0 Å². The van der Waals surface area contributed by atoms with Crippen LogP contribution in [0.5, 0.6) is 0 Å². The van der Waals surface area contributed by atoms with Gasteiger partial charge in [-0.3, -0.25) is 0 Å². The molecule has 0 bridgehead atoms. The summed E-state index contributed by atoms with van der Waals surface area (Å²) in [6, 6.07) is 0. The van der Waals surface area contributed by atoms with Crippen molar-refractivity contribution in [3.05, 3.63) is 0 Å². The molecule has 19 N–H and O–H groups in total. The summed E-state index contributed by atoms with van der Waals surface area (Å²) in [7, 11) is 0. The molecule has 6 fully saturated rings. The van der Waals surface area contributed by atoms with Gasteiger partial charge in [0.15, 0.2) is 31.5 Å². The van der Waals surface area contributed by atoms with Gasteiger partial charge in [-0.05, 0) is 5.75 Å². The summed E-state index contributed by atoms with van der Waals surface area (Å²) >= 11 is 1.14. The van der Waals surface area contributed by atoms with E-state index in [1.165, 1.54) is 0 Å². The minimum atomic E-state index is -2.00. The second kappa shape index (κ2) is 25.1.